The number of allylic oxidation sites excluding steroid dienone is 1. The molecule has 4 heteroatoms. The maximum atomic E-state index is 11.4. The predicted molar refractivity (Wildman–Crippen MR) is 59.4 cm³/mol. The average Bonchev–Trinajstić information content (AvgIpc) is 2.73. The molecular formula is C10H12O2S2. The predicted octanol–water partition coefficient (Wildman–Crippen LogP) is 2.06. The Bertz CT molecular complexity index is 305. The van der Waals surface area contributed by atoms with Crippen molar-refractivity contribution in [2.24, 2.45) is 5.92 Å². The zero-order valence-electron chi connectivity index (χ0n) is 7.82. The van der Waals surface area contributed by atoms with Crippen LogP contribution in [0.25, 0.3) is 0 Å². The first kappa shape index (κ1) is 9.16. The fourth-order valence-corrected chi connectivity index (χ4v) is 5.85. The van der Waals surface area contributed by atoms with Crippen molar-refractivity contribution in [2.75, 3.05) is 18.1 Å². The molecule has 0 aromatic carbocycles. The van der Waals surface area contributed by atoms with Crippen LogP contribution in [-0.2, 0) is 9.53 Å². The van der Waals surface area contributed by atoms with Crippen LogP contribution in [0.5, 0.6) is 0 Å². The Balaban J connectivity index is 1.88. The number of rotatable bonds is 0. The zero-order valence-corrected chi connectivity index (χ0v) is 9.46. The van der Waals surface area contributed by atoms with E-state index in [9.17, 15) is 4.79 Å². The lowest BCUT2D eigenvalue weighted by Crippen LogP contribution is -2.31. The molecule has 1 aliphatic carbocycles. The average molecular weight is 228 g/mol. The molecule has 0 aromatic heterocycles. The van der Waals surface area contributed by atoms with E-state index in [1.165, 1.54) is 17.9 Å². The Kier molecular flexibility index (Phi) is 2.10. The molecule has 2 nitrogen and oxygen atoms in total. The largest absolute Gasteiger partial charge is 0.462 e. The zero-order chi connectivity index (χ0) is 9.60. The fourth-order valence-electron chi connectivity index (χ4n) is 2.37. The molecule has 3 aliphatic rings. The summed E-state index contributed by atoms with van der Waals surface area (Å²) in [5, 5.41) is 0. The van der Waals surface area contributed by atoms with Gasteiger partial charge in [0.1, 0.15) is 6.61 Å². The van der Waals surface area contributed by atoms with Crippen molar-refractivity contribution < 1.29 is 9.53 Å². The van der Waals surface area contributed by atoms with Gasteiger partial charge in [-0.15, -0.1) is 23.5 Å². The molecule has 0 amide bonds. The highest BCUT2D eigenvalue weighted by Gasteiger charge is 2.51. The maximum absolute atomic E-state index is 11.4. The standard InChI is InChI=1S/C10H12O2S2/c11-9-7-2-3-10(8(7)6-12-9)13-4-1-5-14-10/h2,8H,1,3-6H2. The van der Waals surface area contributed by atoms with Crippen molar-refractivity contribution in [3.8, 4) is 0 Å². The van der Waals surface area contributed by atoms with E-state index in [1.54, 1.807) is 0 Å². The summed E-state index contributed by atoms with van der Waals surface area (Å²) in [4.78, 5) is 11.4. The van der Waals surface area contributed by atoms with Gasteiger partial charge < -0.3 is 4.74 Å². The quantitative estimate of drug-likeness (QED) is 0.593. The molecule has 2 heterocycles. The summed E-state index contributed by atoms with van der Waals surface area (Å²) in [5.74, 6) is 2.77. The van der Waals surface area contributed by atoms with Gasteiger partial charge in [0.2, 0.25) is 0 Å². The van der Waals surface area contributed by atoms with E-state index in [0.717, 1.165) is 12.0 Å². The lowest BCUT2D eigenvalue weighted by molar-refractivity contribution is -0.135. The normalized spacial score (nSPS) is 34.1. The number of hydrogen-bond donors (Lipinski definition) is 0. The molecule has 3 rings (SSSR count). The Morgan fingerprint density at radius 3 is 3.00 bits per heavy atom. The third-order valence-corrected chi connectivity index (χ3v) is 6.68. The monoisotopic (exact) mass is 228 g/mol. The molecule has 2 fully saturated rings. The first-order valence-electron chi connectivity index (χ1n) is 4.97. The molecule has 0 saturated carbocycles. The summed E-state index contributed by atoms with van der Waals surface area (Å²) in [5.41, 5.74) is 0.951. The number of thioether (sulfide) groups is 2. The molecule has 1 spiro atoms. The van der Waals surface area contributed by atoms with E-state index in [0.29, 0.717) is 12.5 Å². The van der Waals surface area contributed by atoms with E-state index in [4.69, 9.17) is 4.74 Å². The Hall–Kier alpha value is -0.0900. The fraction of sp³-hybridized carbons (Fsp3) is 0.700. The van der Waals surface area contributed by atoms with Crippen LogP contribution < -0.4 is 0 Å². The van der Waals surface area contributed by atoms with Crippen molar-refractivity contribution in [3.05, 3.63) is 11.6 Å². The summed E-state index contributed by atoms with van der Waals surface area (Å²) in [6.07, 6.45) is 4.46. The van der Waals surface area contributed by atoms with Crippen molar-refractivity contribution >= 4 is 29.5 Å². The van der Waals surface area contributed by atoms with E-state index < -0.39 is 0 Å². The summed E-state index contributed by atoms with van der Waals surface area (Å²) >= 11 is 4.06. The minimum absolute atomic E-state index is 0.0707. The number of esters is 1. The van der Waals surface area contributed by atoms with E-state index in [1.807, 2.05) is 23.5 Å². The number of carbonyl (C=O) groups is 1. The summed E-state index contributed by atoms with van der Waals surface area (Å²) in [6, 6.07) is 0. The van der Waals surface area contributed by atoms with E-state index in [2.05, 4.69) is 6.08 Å². The molecule has 1 atom stereocenters. The van der Waals surface area contributed by atoms with Crippen molar-refractivity contribution in [1.29, 1.82) is 0 Å². The molecule has 14 heavy (non-hydrogen) atoms. The smallest absolute Gasteiger partial charge is 0.334 e. The molecule has 0 aromatic rings. The summed E-state index contributed by atoms with van der Waals surface area (Å²) in [7, 11) is 0. The Morgan fingerprint density at radius 2 is 2.21 bits per heavy atom. The van der Waals surface area contributed by atoms with Crippen LogP contribution in [0.4, 0.5) is 0 Å². The second-order valence-corrected chi connectivity index (χ2v) is 6.99. The van der Waals surface area contributed by atoms with Gasteiger partial charge >= 0.3 is 5.97 Å². The third kappa shape index (κ3) is 1.16. The molecular weight excluding hydrogens is 216 g/mol. The van der Waals surface area contributed by atoms with Crippen LogP contribution in [0.3, 0.4) is 0 Å². The summed E-state index contributed by atoms with van der Waals surface area (Å²) < 4.78 is 5.36. The van der Waals surface area contributed by atoms with Gasteiger partial charge in [-0.25, -0.2) is 4.79 Å². The molecule has 0 N–H and O–H groups in total. The van der Waals surface area contributed by atoms with Crippen LogP contribution in [0, 0.1) is 5.92 Å². The van der Waals surface area contributed by atoms with Crippen LogP contribution in [0.1, 0.15) is 12.8 Å². The first-order valence-corrected chi connectivity index (χ1v) is 6.94. The number of ether oxygens (including phenoxy) is 1. The van der Waals surface area contributed by atoms with E-state index in [-0.39, 0.29) is 10.0 Å². The van der Waals surface area contributed by atoms with Crippen LogP contribution >= 0.6 is 23.5 Å². The van der Waals surface area contributed by atoms with Gasteiger partial charge in [-0.3, -0.25) is 0 Å². The Morgan fingerprint density at radius 1 is 1.43 bits per heavy atom. The highest BCUT2D eigenvalue weighted by Crippen LogP contribution is 2.57. The van der Waals surface area contributed by atoms with Crippen molar-refractivity contribution in [2.45, 2.75) is 16.9 Å². The van der Waals surface area contributed by atoms with Gasteiger partial charge in [0.15, 0.2) is 0 Å². The second-order valence-electron chi connectivity index (χ2n) is 3.88. The lowest BCUT2D eigenvalue weighted by Gasteiger charge is -2.36. The van der Waals surface area contributed by atoms with Crippen LogP contribution in [0.2, 0.25) is 0 Å². The van der Waals surface area contributed by atoms with Crippen LogP contribution in [0.15, 0.2) is 11.6 Å². The van der Waals surface area contributed by atoms with Gasteiger partial charge in [0, 0.05) is 11.5 Å². The Labute approximate surface area is 91.8 Å². The topological polar surface area (TPSA) is 26.3 Å². The van der Waals surface area contributed by atoms with Crippen LogP contribution in [-0.4, -0.2) is 28.2 Å². The third-order valence-electron chi connectivity index (χ3n) is 3.11. The highest BCUT2D eigenvalue weighted by atomic mass is 32.2. The summed E-state index contributed by atoms with van der Waals surface area (Å²) in [6.45, 7) is 0.616. The number of hydrogen-bond acceptors (Lipinski definition) is 4. The molecule has 2 aliphatic heterocycles. The minimum atomic E-state index is -0.0707. The molecule has 2 saturated heterocycles. The first-order chi connectivity index (χ1) is 6.82. The van der Waals surface area contributed by atoms with Gasteiger partial charge in [0.25, 0.3) is 0 Å². The highest BCUT2D eigenvalue weighted by molar-refractivity contribution is 8.18. The van der Waals surface area contributed by atoms with Gasteiger partial charge in [0.05, 0.1) is 4.08 Å². The number of fused-ring (bicyclic) bond motifs is 2. The van der Waals surface area contributed by atoms with E-state index >= 15 is 0 Å². The second kappa shape index (κ2) is 3.20. The van der Waals surface area contributed by atoms with Gasteiger partial charge in [-0.05, 0) is 24.3 Å². The molecule has 0 radical (unpaired) electrons. The van der Waals surface area contributed by atoms with Crippen molar-refractivity contribution in [1.82, 2.24) is 0 Å². The molecule has 0 bridgehead atoms. The molecule has 1 unspecified atom stereocenters. The van der Waals surface area contributed by atoms with Gasteiger partial charge in [-0.2, -0.15) is 0 Å². The van der Waals surface area contributed by atoms with Gasteiger partial charge in [-0.1, -0.05) is 6.08 Å². The van der Waals surface area contributed by atoms with Crippen molar-refractivity contribution in [3.63, 3.8) is 0 Å². The number of carbonyl (C=O) groups excluding carboxylic acids is 1. The number of cyclic esters (lactones) is 1. The SMILES string of the molecule is O=C1OCC2C1=CCC21SCCCS1. The maximum Gasteiger partial charge on any atom is 0.334 e. The lowest BCUT2D eigenvalue weighted by atomic mass is 10.0. The minimum Gasteiger partial charge on any atom is -0.462 e. The molecule has 76 valence electrons.